The van der Waals surface area contributed by atoms with E-state index in [2.05, 4.69) is 16.9 Å². The van der Waals surface area contributed by atoms with Crippen LogP contribution in [0.3, 0.4) is 0 Å². The Labute approximate surface area is 111 Å². The molecule has 2 aromatic rings. The van der Waals surface area contributed by atoms with Crippen LogP contribution in [-0.4, -0.2) is 34.1 Å². The van der Waals surface area contributed by atoms with Crippen molar-refractivity contribution < 1.29 is 9.90 Å². The third-order valence-corrected chi connectivity index (χ3v) is 3.69. The van der Waals surface area contributed by atoms with Crippen molar-refractivity contribution in [3.63, 3.8) is 0 Å². The topological polar surface area (TPSA) is 69.2 Å². The Hall–Kier alpha value is -2.04. The molecule has 1 aliphatic heterocycles. The van der Waals surface area contributed by atoms with Crippen LogP contribution in [0, 0.1) is 11.8 Å². The normalized spacial score (nSPS) is 23.7. The van der Waals surface area contributed by atoms with Gasteiger partial charge in [0.1, 0.15) is 0 Å². The Morgan fingerprint density at radius 2 is 2.21 bits per heavy atom. The highest BCUT2D eigenvalue weighted by molar-refractivity contribution is 5.77. The standard InChI is InChI=1S/C14H17N3O2/c1-9-6-10(13(18)19)8-17(7-9)14-15-11-4-2-3-5-12(11)16-14/h2-5,9-10H,6-8H2,1H3,(H,15,16)(H,18,19). The van der Waals surface area contributed by atoms with Crippen molar-refractivity contribution in [2.24, 2.45) is 11.8 Å². The molecule has 1 aliphatic rings. The van der Waals surface area contributed by atoms with Gasteiger partial charge in [-0.2, -0.15) is 0 Å². The van der Waals surface area contributed by atoms with E-state index in [0.717, 1.165) is 29.9 Å². The fourth-order valence-corrected chi connectivity index (χ4v) is 2.79. The number of hydrogen-bond donors (Lipinski definition) is 2. The second kappa shape index (κ2) is 4.57. The number of rotatable bonds is 2. The molecule has 1 aromatic carbocycles. The zero-order valence-corrected chi connectivity index (χ0v) is 10.8. The number of fused-ring (bicyclic) bond motifs is 1. The Kier molecular flexibility index (Phi) is 2.89. The first-order chi connectivity index (χ1) is 9.13. The van der Waals surface area contributed by atoms with Gasteiger partial charge in [0.15, 0.2) is 0 Å². The lowest BCUT2D eigenvalue weighted by Crippen LogP contribution is -2.43. The van der Waals surface area contributed by atoms with Crippen LogP contribution in [0.25, 0.3) is 11.0 Å². The zero-order valence-electron chi connectivity index (χ0n) is 10.8. The van der Waals surface area contributed by atoms with E-state index in [9.17, 15) is 9.90 Å². The van der Waals surface area contributed by atoms with Crippen LogP contribution in [0.4, 0.5) is 5.95 Å². The van der Waals surface area contributed by atoms with E-state index in [0.29, 0.717) is 12.5 Å². The number of anilines is 1. The molecule has 100 valence electrons. The number of H-pyrrole nitrogens is 1. The van der Waals surface area contributed by atoms with Crippen LogP contribution in [0.1, 0.15) is 13.3 Å². The number of para-hydroxylation sites is 2. The summed E-state index contributed by atoms with van der Waals surface area (Å²) >= 11 is 0. The number of aromatic nitrogens is 2. The Balaban J connectivity index is 1.89. The number of carbonyl (C=O) groups is 1. The Morgan fingerprint density at radius 3 is 2.95 bits per heavy atom. The highest BCUT2D eigenvalue weighted by atomic mass is 16.4. The first kappa shape index (κ1) is 12.0. The van der Waals surface area contributed by atoms with Gasteiger partial charge in [-0.05, 0) is 24.5 Å². The van der Waals surface area contributed by atoms with Crippen molar-refractivity contribution >= 4 is 23.0 Å². The van der Waals surface area contributed by atoms with E-state index in [1.165, 1.54) is 0 Å². The van der Waals surface area contributed by atoms with Crippen LogP contribution in [0.5, 0.6) is 0 Å². The number of benzene rings is 1. The maximum absolute atomic E-state index is 11.2. The second-order valence-corrected chi connectivity index (χ2v) is 5.36. The zero-order chi connectivity index (χ0) is 13.4. The van der Waals surface area contributed by atoms with Crippen molar-refractivity contribution in [1.29, 1.82) is 0 Å². The van der Waals surface area contributed by atoms with Crippen molar-refractivity contribution in [3.05, 3.63) is 24.3 Å². The van der Waals surface area contributed by atoms with Gasteiger partial charge in [-0.1, -0.05) is 19.1 Å². The van der Waals surface area contributed by atoms with Crippen molar-refractivity contribution in [1.82, 2.24) is 9.97 Å². The van der Waals surface area contributed by atoms with Gasteiger partial charge in [-0.3, -0.25) is 4.79 Å². The fraction of sp³-hybridized carbons (Fsp3) is 0.429. The summed E-state index contributed by atoms with van der Waals surface area (Å²) in [6, 6.07) is 7.85. The molecule has 0 aliphatic carbocycles. The number of nitrogens with zero attached hydrogens (tertiary/aromatic N) is 2. The van der Waals surface area contributed by atoms with E-state index < -0.39 is 5.97 Å². The number of hydrogen-bond acceptors (Lipinski definition) is 3. The molecule has 19 heavy (non-hydrogen) atoms. The molecule has 2 N–H and O–H groups in total. The molecular weight excluding hydrogens is 242 g/mol. The average Bonchev–Trinajstić information content (AvgIpc) is 2.81. The number of piperidine rings is 1. The molecule has 1 saturated heterocycles. The lowest BCUT2D eigenvalue weighted by atomic mass is 9.91. The number of aliphatic carboxylic acids is 1. The van der Waals surface area contributed by atoms with Crippen LogP contribution in [0.2, 0.25) is 0 Å². The molecule has 0 spiro atoms. The summed E-state index contributed by atoms with van der Waals surface area (Å²) in [6.45, 7) is 3.47. The summed E-state index contributed by atoms with van der Waals surface area (Å²) in [7, 11) is 0. The van der Waals surface area contributed by atoms with Crippen LogP contribution >= 0.6 is 0 Å². The number of aromatic amines is 1. The quantitative estimate of drug-likeness (QED) is 0.866. The summed E-state index contributed by atoms with van der Waals surface area (Å²) in [6.07, 6.45) is 0.742. The maximum Gasteiger partial charge on any atom is 0.308 e. The Morgan fingerprint density at radius 1 is 1.42 bits per heavy atom. The van der Waals surface area contributed by atoms with E-state index >= 15 is 0 Å². The molecule has 2 unspecified atom stereocenters. The minimum Gasteiger partial charge on any atom is -0.481 e. The lowest BCUT2D eigenvalue weighted by molar-refractivity contribution is -0.142. The van der Waals surface area contributed by atoms with Gasteiger partial charge >= 0.3 is 5.97 Å². The first-order valence-corrected chi connectivity index (χ1v) is 6.56. The van der Waals surface area contributed by atoms with Crippen molar-refractivity contribution in [2.75, 3.05) is 18.0 Å². The second-order valence-electron chi connectivity index (χ2n) is 5.36. The predicted molar refractivity (Wildman–Crippen MR) is 73.2 cm³/mol. The van der Waals surface area contributed by atoms with Gasteiger partial charge in [0.25, 0.3) is 0 Å². The van der Waals surface area contributed by atoms with Crippen LogP contribution < -0.4 is 4.90 Å². The number of nitrogens with one attached hydrogen (secondary N) is 1. The van der Waals surface area contributed by atoms with Gasteiger partial charge in [-0.25, -0.2) is 4.98 Å². The molecule has 1 aromatic heterocycles. The van der Waals surface area contributed by atoms with Crippen molar-refractivity contribution in [3.8, 4) is 0 Å². The van der Waals surface area contributed by atoms with Gasteiger partial charge in [0, 0.05) is 13.1 Å². The van der Waals surface area contributed by atoms with E-state index in [4.69, 9.17) is 0 Å². The maximum atomic E-state index is 11.2. The van der Waals surface area contributed by atoms with E-state index in [1.807, 2.05) is 29.2 Å². The summed E-state index contributed by atoms with van der Waals surface area (Å²) in [5, 5.41) is 9.20. The lowest BCUT2D eigenvalue weighted by Gasteiger charge is -2.34. The minimum absolute atomic E-state index is 0.308. The average molecular weight is 259 g/mol. The number of imidazole rings is 1. The predicted octanol–water partition coefficient (Wildman–Crippen LogP) is 2.11. The number of carboxylic acid groups (broad SMARTS) is 1. The molecule has 5 heteroatoms. The molecular formula is C14H17N3O2. The first-order valence-electron chi connectivity index (χ1n) is 6.56. The van der Waals surface area contributed by atoms with E-state index in [-0.39, 0.29) is 5.92 Å². The van der Waals surface area contributed by atoms with Gasteiger partial charge in [0.2, 0.25) is 5.95 Å². The summed E-state index contributed by atoms with van der Waals surface area (Å²) in [5.41, 5.74) is 1.91. The van der Waals surface area contributed by atoms with Crippen molar-refractivity contribution in [2.45, 2.75) is 13.3 Å². The highest BCUT2D eigenvalue weighted by Crippen LogP contribution is 2.26. The van der Waals surface area contributed by atoms with Gasteiger partial charge in [-0.15, -0.1) is 0 Å². The molecule has 5 nitrogen and oxygen atoms in total. The largest absolute Gasteiger partial charge is 0.481 e. The molecule has 2 heterocycles. The summed E-state index contributed by atoms with van der Waals surface area (Å²) in [5.74, 6) is 0.117. The molecule has 1 fully saturated rings. The van der Waals surface area contributed by atoms with Crippen LogP contribution in [-0.2, 0) is 4.79 Å². The molecule has 0 radical (unpaired) electrons. The molecule has 0 saturated carbocycles. The SMILES string of the molecule is CC1CC(C(=O)O)CN(c2nc3ccccc3[nH]2)C1. The monoisotopic (exact) mass is 259 g/mol. The molecule has 3 rings (SSSR count). The minimum atomic E-state index is -0.715. The molecule has 2 atom stereocenters. The van der Waals surface area contributed by atoms with E-state index in [1.54, 1.807) is 0 Å². The smallest absolute Gasteiger partial charge is 0.308 e. The fourth-order valence-electron chi connectivity index (χ4n) is 2.79. The summed E-state index contributed by atoms with van der Waals surface area (Å²) in [4.78, 5) is 21.0. The molecule has 0 amide bonds. The van der Waals surface area contributed by atoms with Crippen LogP contribution in [0.15, 0.2) is 24.3 Å². The third kappa shape index (κ3) is 2.28. The highest BCUT2D eigenvalue weighted by Gasteiger charge is 2.30. The summed E-state index contributed by atoms with van der Waals surface area (Å²) < 4.78 is 0. The van der Waals surface area contributed by atoms with Gasteiger partial charge < -0.3 is 15.0 Å². The molecule has 0 bridgehead atoms. The Bertz CT molecular complexity index is 575. The van der Waals surface area contributed by atoms with Gasteiger partial charge in [0.05, 0.1) is 17.0 Å². The third-order valence-electron chi connectivity index (χ3n) is 3.69. The number of carboxylic acids is 1.